The first kappa shape index (κ1) is 10.6. The molecule has 2 heterocycles. The number of hydrogen-bond donors (Lipinski definition) is 1. The van der Waals surface area contributed by atoms with Gasteiger partial charge in [0.1, 0.15) is 5.51 Å². The van der Waals surface area contributed by atoms with Gasteiger partial charge in [-0.25, -0.2) is 0 Å². The summed E-state index contributed by atoms with van der Waals surface area (Å²) in [6.07, 6.45) is 1.04. The maximum atomic E-state index is 3.96. The zero-order chi connectivity index (χ0) is 10.7. The van der Waals surface area contributed by atoms with Crippen LogP contribution in [0.4, 0.5) is 5.13 Å². The summed E-state index contributed by atoms with van der Waals surface area (Å²) >= 11 is 3.39. The fraction of sp³-hybridized carbons (Fsp3) is 0.400. The van der Waals surface area contributed by atoms with Crippen LogP contribution >= 0.6 is 22.7 Å². The van der Waals surface area contributed by atoms with Crippen molar-refractivity contribution in [3.63, 3.8) is 0 Å². The molecule has 0 radical (unpaired) electrons. The Labute approximate surface area is 97.2 Å². The summed E-state index contributed by atoms with van der Waals surface area (Å²) < 4.78 is 0. The Balaban J connectivity index is 1.90. The van der Waals surface area contributed by atoms with E-state index in [9.17, 15) is 0 Å². The molecular weight excluding hydrogens is 226 g/mol. The van der Waals surface area contributed by atoms with E-state index in [1.54, 1.807) is 5.51 Å². The SMILES string of the molecule is Cc1ccc(CC(C)Nc2nncs2)s1. The van der Waals surface area contributed by atoms with Crippen molar-refractivity contribution in [1.29, 1.82) is 0 Å². The van der Waals surface area contributed by atoms with Crippen LogP contribution in [-0.4, -0.2) is 16.2 Å². The van der Waals surface area contributed by atoms with Gasteiger partial charge in [-0.3, -0.25) is 0 Å². The van der Waals surface area contributed by atoms with E-state index in [-0.39, 0.29) is 0 Å². The van der Waals surface area contributed by atoms with Gasteiger partial charge in [0.2, 0.25) is 5.13 Å². The Morgan fingerprint density at radius 1 is 1.47 bits per heavy atom. The third-order valence-corrected chi connectivity index (χ3v) is 3.68. The number of aryl methyl sites for hydroxylation is 1. The number of nitrogens with one attached hydrogen (secondary N) is 1. The van der Waals surface area contributed by atoms with Crippen molar-refractivity contribution in [2.75, 3.05) is 5.32 Å². The maximum Gasteiger partial charge on any atom is 0.205 e. The third-order valence-electron chi connectivity index (χ3n) is 2.03. The second kappa shape index (κ2) is 4.72. The van der Waals surface area contributed by atoms with E-state index >= 15 is 0 Å². The second-order valence-electron chi connectivity index (χ2n) is 3.51. The van der Waals surface area contributed by atoms with Crippen molar-refractivity contribution in [3.05, 3.63) is 27.4 Å². The molecule has 0 saturated heterocycles. The highest BCUT2D eigenvalue weighted by Gasteiger charge is 2.06. The summed E-state index contributed by atoms with van der Waals surface area (Å²) in [6, 6.07) is 4.76. The van der Waals surface area contributed by atoms with E-state index in [4.69, 9.17) is 0 Å². The molecule has 5 heteroatoms. The molecule has 0 aromatic carbocycles. The molecule has 0 bridgehead atoms. The van der Waals surface area contributed by atoms with Gasteiger partial charge >= 0.3 is 0 Å². The topological polar surface area (TPSA) is 37.8 Å². The van der Waals surface area contributed by atoms with Crippen LogP contribution in [0.25, 0.3) is 0 Å². The molecule has 0 saturated carbocycles. The average Bonchev–Trinajstić information content (AvgIpc) is 2.77. The molecule has 1 N–H and O–H groups in total. The maximum absolute atomic E-state index is 3.96. The van der Waals surface area contributed by atoms with E-state index in [0.717, 1.165) is 11.6 Å². The molecule has 2 rings (SSSR count). The zero-order valence-electron chi connectivity index (χ0n) is 8.73. The minimum Gasteiger partial charge on any atom is -0.357 e. The molecule has 1 unspecified atom stereocenters. The lowest BCUT2D eigenvalue weighted by Gasteiger charge is -2.10. The van der Waals surface area contributed by atoms with Crippen LogP contribution in [0, 0.1) is 6.92 Å². The van der Waals surface area contributed by atoms with Crippen LogP contribution in [0.2, 0.25) is 0 Å². The summed E-state index contributed by atoms with van der Waals surface area (Å²) in [5, 5.41) is 12.0. The van der Waals surface area contributed by atoms with Crippen molar-refractivity contribution < 1.29 is 0 Å². The van der Waals surface area contributed by atoms with E-state index in [0.29, 0.717) is 6.04 Å². The number of rotatable bonds is 4. The molecular formula is C10H13N3S2. The standard InChI is InChI=1S/C10H13N3S2/c1-7(12-10-13-11-6-14-10)5-9-4-3-8(2)15-9/h3-4,6-7H,5H2,1-2H3,(H,12,13). The van der Waals surface area contributed by atoms with Crippen molar-refractivity contribution in [1.82, 2.24) is 10.2 Å². The van der Waals surface area contributed by atoms with E-state index in [1.807, 2.05) is 11.3 Å². The van der Waals surface area contributed by atoms with Crippen LogP contribution in [0.3, 0.4) is 0 Å². The number of anilines is 1. The molecule has 2 aromatic rings. The van der Waals surface area contributed by atoms with E-state index in [2.05, 4.69) is 41.5 Å². The minimum atomic E-state index is 0.399. The first-order valence-electron chi connectivity index (χ1n) is 4.82. The van der Waals surface area contributed by atoms with Crippen molar-refractivity contribution in [2.45, 2.75) is 26.3 Å². The van der Waals surface area contributed by atoms with Gasteiger partial charge in [0.05, 0.1) is 0 Å². The third kappa shape index (κ3) is 3.00. The number of nitrogens with zero attached hydrogens (tertiary/aromatic N) is 2. The van der Waals surface area contributed by atoms with Crippen LogP contribution in [0.5, 0.6) is 0 Å². The van der Waals surface area contributed by atoms with Crippen molar-refractivity contribution >= 4 is 27.8 Å². The van der Waals surface area contributed by atoms with Gasteiger partial charge in [-0.1, -0.05) is 11.3 Å². The Bertz CT molecular complexity index is 408. The van der Waals surface area contributed by atoms with Crippen LogP contribution in [0.1, 0.15) is 16.7 Å². The van der Waals surface area contributed by atoms with E-state index < -0.39 is 0 Å². The van der Waals surface area contributed by atoms with Gasteiger partial charge in [-0.15, -0.1) is 21.5 Å². The molecule has 3 nitrogen and oxygen atoms in total. The summed E-state index contributed by atoms with van der Waals surface area (Å²) in [5.41, 5.74) is 1.74. The van der Waals surface area contributed by atoms with Crippen LogP contribution in [0.15, 0.2) is 17.6 Å². The molecule has 0 spiro atoms. The predicted octanol–water partition coefficient (Wildman–Crippen LogP) is 2.95. The lowest BCUT2D eigenvalue weighted by Crippen LogP contribution is -2.17. The smallest absolute Gasteiger partial charge is 0.205 e. The summed E-state index contributed by atoms with van der Waals surface area (Å²) in [4.78, 5) is 2.78. The molecule has 0 aliphatic carbocycles. The monoisotopic (exact) mass is 239 g/mol. The molecule has 1 atom stereocenters. The second-order valence-corrected chi connectivity index (χ2v) is 5.71. The highest BCUT2D eigenvalue weighted by atomic mass is 32.1. The number of thiophene rings is 1. The first-order chi connectivity index (χ1) is 7.24. The van der Waals surface area contributed by atoms with Gasteiger partial charge in [0, 0.05) is 22.2 Å². The van der Waals surface area contributed by atoms with Gasteiger partial charge < -0.3 is 5.32 Å². The Kier molecular flexibility index (Phi) is 3.33. The Hall–Kier alpha value is -0.940. The lowest BCUT2D eigenvalue weighted by molar-refractivity contribution is 0.795. The van der Waals surface area contributed by atoms with Crippen molar-refractivity contribution in [3.8, 4) is 0 Å². The fourth-order valence-electron chi connectivity index (χ4n) is 1.39. The molecule has 0 aliphatic rings. The summed E-state index contributed by atoms with van der Waals surface area (Å²) in [5.74, 6) is 0. The lowest BCUT2D eigenvalue weighted by atomic mass is 10.2. The Morgan fingerprint density at radius 3 is 2.93 bits per heavy atom. The summed E-state index contributed by atoms with van der Waals surface area (Å²) in [6.45, 7) is 4.30. The predicted molar refractivity (Wildman–Crippen MR) is 65.8 cm³/mol. The van der Waals surface area contributed by atoms with Gasteiger partial charge in [-0.2, -0.15) is 0 Å². The van der Waals surface area contributed by atoms with Gasteiger partial charge in [-0.05, 0) is 26.0 Å². The highest BCUT2D eigenvalue weighted by molar-refractivity contribution is 7.13. The molecule has 0 amide bonds. The van der Waals surface area contributed by atoms with Gasteiger partial charge in [0.15, 0.2) is 0 Å². The largest absolute Gasteiger partial charge is 0.357 e. The molecule has 0 aliphatic heterocycles. The minimum absolute atomic E-state index is 0.399. The van der Waals surface area contributed by atoms with Crippen LogP contribution in [-0.2, 0) is 6.42 Å². The van der Waals surface area contributed by atoms with Crippen molar-refractivity contribution in [2.24, 2.45) is 0 Å². The summed E-state index contributed by atoms with van der Waals surface area (Å²) in [7, 11) is 0. The number of hydrogen-bond acceptors (Lipinski definition) is 5. The Morgan fingerprint density at radius 2 is 2.33 bits per heavy atom. The van der Waals surface area contributed by atoms with E-state index in [1.165, 1.54) is 21.1 Å². The molecule has 2 aromatic heterocycles. The average molecular weight is 239 g/mol. The first-order valence-corrected chi connectivity index (χ1v) is 6.51. The highest BCUT2D eigenvalue weighted by Crippen LogP contribution is 2.18. The number of aromatic nitrogens is 2. The molecule has 80 valence electrons. The van der Waals surface area contributed by atoms with Crippen LogP contribution < -0.4 is 5.32 Å². The normalized spacial score (nSPS) is 12.7. The van der Waals surface area contributed by atoms with Gasteiger partial charge in [0.25, 0.3) is 0 Å². The zero-order valence-corrected chi connectivity index (χ0v) is 10.4. The fourth-order valence-corrected chi connectivity index (χ4v) is 2.97. The molecule has 15 heavy (non-hydrogen) atoms. The molecule has 0 fully saturated rings. The quantitative estimate of drug-likeness (QED) is 0.891.